The fourth-order valence-electron chi connectivity index (χ4n) is 2.55. The Balaban J connectivity index is 2.10. The predicted octanol–water partition coefficient (Wildman–Crippen LogP) is 3.05. The minimum Gasteiger partial charge on any atom is -0.478 e. The Morgan fingerprint density at radius 2 is 2.32 bits per heavy atom. The number of hydrogen-bond donors (Lipinski definition) is 3. The lowest BCUT2D eigenvalue weighted by Crippen LogP contribution is -2.26. The minimum absolute atomic E-state index is 0.169. The zero-order valence-corrected chi connectivity index (χ0v) is 11.9. The molecule has 0 amide bonds. The normalized spacial score (nSPS) is 22.4. The van der Waals surface area contributed by atoms with E-state index in [1.165, 1.54) is 12.8 Å². The van der Waals surface area contributed by atoms with Gasteiger partial charge in [-0.05, 0) is 36.8 Å². The molecule has 1 aliphatic carbocycles. The number of nitrogens with two attached hydrogens (primary N) is 1. The highest BCUT2D eigenvalue weighted by atomic mass is 32.2. The number of carbonyl (C=O) groups is 1. The maximum Gasteiger partial charge on any atom is 0.337 e. The minimum atomic E-state index is -0.980. The number of carboxylic acids is 1. The number of anilines is 2. The number of benzene rings is 1. The van der Waals surface area contributed by atoms with Crippen LogP contribution in [0.3, 0.4) is 0 Å². The number of thioether (sulfide) groups is 1. The molecule has 1 aliphatic rings. The van der Waals surface area contributed by atoms with Crippen molar-refractivity contribution in [3.05, 3.63) is 23.8 Å². The van der Waals surface area contributed by atoms with E-state index >= 15 is 0 Å². The number of hydrogen-bond acceptors (Lipinski definition) is 4. The lowest BCUT2D eigenvalue weighted by molar-refractivity contribution is 0.0698. The second kappa shape index (κ2) is 6.19. The molecular weight excluding hydrogens is 260 g/mol. The third kappa shape index (κ3) is 3.35. The lowest BCUT2D eigenvalue weighted by atomic mass is 10.1. The molecular formula is C14H20N2O2S. The van der Waals surface area contributed by atoms with Crippen molar-refractivity contribution in [1.29, 1.82) is 0 Å². The van der Waals surface area contributed by atoms with E-state index in [0.717, 1.165) is 17.9 Å². The van der Waals surface area contributed by atoms with Crippen molar-refractivity contribution >= 4 is 29.1 Å². The summed E-state index contributed by atoms with van der Waals surface area (Å²) in [5.74, 6) is 0.136. The topological polar surface area (TPSA) is 75.3 Å². The van der Waals surface area contributed by atoms with Crippen molar-refractivity contribution in [2.45, 2.75) is 37.5 Å². The fraction of sp³-hybridized carbons (Fsp3) is 0.500. The summed E-state index contributed by atoms with van der Waals surface area (Å²) in [6, 6.07) is 5.57. The van der Waals surface area contributed by atoms with Crippen molar-refractivity contribution in [1.82, 2.24) is 0 Å². The molecule has 1 saturated carbocycles. The van der Waals surface area contributed by atoms with Crippen molar-refractivity contribution < 1.29 is 9.90 Å². The molecule has 2 atom stereocenters. The first-order valence-corrected chi connectivity index (χ1v) is 7.67. The summed E-state index contributed by atoms with van der Waals surface area (Å²) in [4.78, 5) is 11.1. The quantitative estimate of drug-likeness (QED) is 0.723. The zero-order valence-electron chi connectivity index (χ0n) is 11.1. The summed E-state index contributed by atoms with van der Waals surface area (Å²) >= 11 is 1.98. The van der Waals surface area contributed by atoms with Gasteiger partial charge in [-0.2, -0.15) is 11.8 Å². The zero-order chi connectivity index (χ0) is 13.8. The molecule has 1 aromatic carbocycles. The maximum atomic E-state index is 11.1. The Kier molecular flexibility index (Phi) is 4.58. The first-order chi connectivity index (χ1) is 9.11. The second-order valence-corrected chi connectivity index (χ2v) is 6.30. The molecule has 4 N–H and O–H groups in total. The van der Waals surface area contributed by atoms with Gasteiger partial charge < -0.3 is 16.2 Å². The van der Waals surface area contributed by atoms with Gasteiger partial charge in [0.15, 0.2) is 0 Å². The molecule has 5 heteroatoms. The standard InChI is InChI=1S/C14H20N2O2S/c1-2-19-13-5-3-4-12(13)16-9-6-7-11(15)10(8-9)14(17)18/h6-8,12-13,16H,2-5,15H2,1H3,(H,17,18). The molecule has 0 aromatic heterocycles. The number of nitrogens with one attached hydrogen (secondary N) is 1. The van der Waals surface area contributed by atoms with Gasteiger partial charge in [0.05, 0.1) is 5.56 Å². The summed E-state index contributed by atoms with van der Waals surface area (Å²) in [6.45, 7) is 2.17. The van der Waals surface area contributed by atoms with Gasteiger partial charge in [-0.1, -0.05) is 13.3 Å². The molecule has 104 valence electrons. The van der Waals surface area contributed by atoms with Crippen LogP contribution >= 0.6 is 11.8 Å². The third-order valence-electron chi connectivity index (χ3n) is 3.47. The fourth-order valence-corrected chi connectivity index (χ4v) is 3.75. The highest BCUT2D eigenvalue weighted by molar-refractivity contribution is 7.99. The molecule has 0 aliphatic heterocycles. The molecule has 0 spiro atoms. The van der Waals surface area contributed by atoms with Gasteiger partial charge in [0.25, 0.3) is 0 Å². The number of nitrogen functional groups attached to an aromatic ring is 1. The van der Waals surface area contributed by atoms with Crippen LogP contribution in [0.4, 0.5) is 11.4 Å². The number of aromatic carboxylic acids is 1. The Bertz CT molecular complexity index is 465. The van der Waals surface area contributed by atoms with Gasteiger partial charge in [0.2, 0.25) is 0 Å². The van der Waals surface area contributed by atoms with Crippen molar-refractivity contribution in [2.24, 2.45) is 0 Å². The molecule has 0 heterocycles. The summed E-state index contributed by atoms with van der Waals surface area (Å²) in [6.07, 6.45) is 3.61. The van der Waals surface area contributed by atoms with Crippen LogP contribution in [-0.2, 0) is 0 Å². The second-order valence-electron chi connectivity index (χ2n) is 4.78. The lowest BCUT2D eigenvalue weighted by Gasteiger charge is -2.21. The summed E-state index contributed by atoms with van der Waals surface area (Å²) < 4.78 is 0. The molecule has 1 fully saturated rings. The van der Waals surface area contributed by atoms with E-state index in [0.29, 0.717) is 17.0 Å². The average Bonchev–Trinajstić information content (AvgIpc) is 2.79. The van der Waals surface area contributed by atoms with Gasteiger partial charge >= 0.3 is 5.97 Å². The molecule has 4 nitrogen and oxygen atoms in total. The SMILES string of the molecule is CCSC1CCCC1Nc1ccc(N)c(C(=O)O)c1. The summed E-state index contributed by atoms with van der Waals surface area (Å²) in [7, 11) is 0. The van der Waals surface area contributed by atoms with Crippen LogP contribution in [0.15, 0.2) is 18.2 Å². The van der Waals surface area contributed by atoms with Crippen molar-refractivity contribution in [3.8, 4) is 0 Å². The average molecular weight is 280 g/mol. The molecule has 2 unspecified atom stereocenters. The molecule has 2 rings (SSSR count). The first-order valence-electron chi connectivity index (χ1n) is 6.62. The Labute approximate surface area is 117 Å². The van der Waals surface area contributed by atoms with E-state index < -0.39 is 5.97 Å². The van der Waals surface area contributed by atoms with Gasteiger partial charge in [0.1, 0.15) is 0 Å². The van der Waals surface area contributed by atoms with E-state index in [2.05, 4.69) is 12.2 Å². The smallest absolute Gasteiger partial charge is 0.337 e. The predicted molar refractivity (Wildman–Crippen MR) is 81.0 cm³/mol. The highest BCUT2D eigenvalue weighted by Gasteiger charge is 2.27. The highest BCUT2D eigenvalue weighted by Crippen LogP contribution is 2.32. The van der Waals surface area contributed by atoms with Crippen LogP contribution < -0.4 is 11.1 Å². The monoisotopic (exact) mass is 280 g/mol. The van der Waals surface area contributed by atoms with Crippen LogP contribution in [-0.4, -0.2) is 28.1 Å². The Morgan fingerprint density at radius 3 is 3.00 bits per heavy atom. The van der Waals surface area contributed by atoms with E-state index in [9.17, 15) is 4.79 Å². The van der Waals surface area contributed by atoms with Crippen LogP contribution in [0.1, 0.15) is 36.5 Å². The maximum absolute atomic E-state index is 11.1. The van der Waals surface area contributed by atoms with Crippen molar-refractivity contribution in [3.63, 3.8) is 0 Å². The summed E-state index contributed by atoms with van der Waals surface area (Å²) in [5, 5.41) is 13.2. The van der Waals surface area contributed by atoms with Gasteiger partial charge in [-0.15, -0.1) is 0 Å². The van der Waals surface area contributed by atoms with Gasteiger partial charge in [-0.3, -0.25) is 0 Å². The summed E-state index contributed by atoms with van der Waals surface area (Å²) in [5.41, 5.74) is 6.99. The molecule has 0 bridgehead atoms. The molecule has 1 aromatic rings. The molecule has 0 radical (unpaired) electrons. The van der Waals surface area contributed by atoms with Crippen LogP contribution in [0.5, 0.6) is 0 Å². The van der Waals surface area contributed by atoms with E-state index in [4.69, 9.17) is 10.8 Å². The Morgan fingerprint density at radius 1 is 1.53 bits per heavy atom. The van der Waals surface area contributed by atoms with Gasteiger partial charge in [0, 0.05) is 22.7 Å². The molecule has 19 heavy (non-hydrogen) atoms. The third-order valence-corrected chi connectivity index (χ3v) is 4.79. The van der Waals surface area contributed by atoms with E-state index in [1.54, 1.807) is 12.1 Å². The van der Waals surface area contributed by atoms with E-state index in [1.807, 2.05) is 17.8 Å². The van der Waals surface area contributed by atoms with Gasteiger partial charge in [-0.25, -0.2) is 4.79 Å². The van der Waals surface area contributed by atoms with Crippen LogP contribution in [0.25, 0.3) is 0 Å². The van der Waals surface area contributed by atoms with Crippen LogP contribution in [0, 0.1) is 0 Å². The number of rotatable bonds is 5. The van der Waals surface area contributed by atoms with Crippen molar-refractivity contribution in [2.75, 3.05) is 16.8 Å². The van der Waals surface area contributed by atoms with Crippen LogP contribution in [0.2, 0.25) is 0 Å². The van der Waals surface area contributed by atoms with E-state index in [-0.39, 0.29) is 5.56 Å². The molecule has 0 saturated heterocycles. The Hall–Kier alpha value is -1.36. The first kappa shape index (κ1) is 14.1. The largest absolute Gasteiger partial charge is 0.478 e. The number of carboxylic acid groups (broad SMARTS) is 1.